The highest BCUT2D eigenvalue weighted by atomic mass is 32.2. The first-order valence-corrected chi connectivity index (χ1v) is 6.27. The summed E-state index contributed by atoms with van der Waals surface area (Å²) in [6.45, 7) is 1.12. The topological polar surface area (TPSA) is 43.4 Å². The minimum atomic E-state index is -5.65. The van der Waals surface area contributed by atoms with Gasteiger partial charge >= 0.3 is 15.6 Å². The molecule has 8 heteroatoms. The highest BCUT2D eigenvalue weighted by molar-refractivity contribution is 7.87. The Morgan fingerprint density at radius 1 is 1.28 bits per heavy atom. The predicted octanol–water partition coefficient (Wildman–Crippen LogP) is 2.62. The van der Waals surface area contributed by atoms with Crippen LogP contribution in [-0.2, 0) is 20.7 Å². The van der Waals surface area contributed by atoms with Gasteiger partial charge in [0.1, 0.15) is 5.82 Å². The smallest absolute Gasteiger partial charge is 0.260 e. The zero-order valence-electron chi connectivity index (χ0n) is 9.24. The van der Waals surface area contributed by atoms with Crippen LogP contribution < -0.4 is 0 Å². The molecular weight excluding hydrogens is 276 g/mol. The summed E-state index contributed by atoms with van der Waals surface area (Å²) >= 11 is 0. The van der Waals surface area contributed by atoms with Crippen molar-refractivity contribution >= 4 is 10.1 Å². The number of hydrogen-bond donors (Lipinski definition) is 0. The van der Waals surface area contributed by atoms with E-state index in [4.69, 9.17) is 0 Å². The van der Waals surface area contributed by atoms with Crippen LogP contribution in [0.4, 0.5) is 17.6 Å². The van der Waals surface area contributed by atoms with Crippen LogP contribution in [0.2, 0.25) is 0 Å². The third-order valence-corrected chi connectivity index (χ3v) is 3.19. The van der Waals surface area contributed by atoms with E-state index in [0.29, 0.717) is 0 Å². The second kappa shape index (κ2) is 5.23. The van der Waals surface area contributed by atoms with Gasteiger partial charge in [-0.05, 0) is 18.6 Å². The Morgan fingerprint density at radius 2 is 1.83 bits per heavy atom. The molecule has 3 nitrogen and oxygen atoms in total. The van der Waals surface area contributed by atoms with Gasteiger partial charge in [-0.2, -0.15) is 21.6 Å². The van der Waals surface area contributed by atoms with Crippen molar-refractivity contribution in [2.24, 2.45) is 0 Å². The van der Waals surface area contributed by atoms with Crippen LogP contribution in [0.3, 0.4) is 0 Å². The number of halogens is 4. The highest BCUT2D eigenvalue weighted by Crippen LogP contribution is 2.26. The first-order chi connectivity index (χ1) is 8.13. The zero-order valence-corrected chi connectivity index (χ0v) is 10.1. The molecule has 0 radical (unpaired) electrons. The molecular formula is C10H10F4O3S. The number of hydrogen-bond acceptors (Lipinski definition) is 3. The second-order valence-corrected chi connectivity index (χ2v) is 5.17. The summed E-state index contributed by atoms with van der Waals surface area (Å²) in [6.07, 6.45) is -1.59. The maximum atomic E-state index is 13.2. The van der Waals surface area contributed by atoms with Gasteiger partial charge in [-0.15, -0.1) is 0 Å². The van der Waals surface area contributed by atoms with Crippen LogP contribution in [0.1, 0.15) is 12.5 Å². The molecule has 0 fully saturated rings. The fourth-order valence-corrected chi connectivity index (χ4v) is 1.89. The monoisotopic (exact) mass is 286 g/mol. The Hall–Kier alpha value is -1.15. The van der Waals surface area contributed by atoms with Crippen LogP contribution >= 0.6 is 0 Å². The van der Waals surface area contributed by atoms with E-state index in [2.05, 4.69) is 4.18 Å². The molecule has 18 heavy (non-hydrogen) atoms. The number of alkyl halides is 3. The third kappa shape index (κ3) is 3.67. The molecule has 1 aromatic rings. The van der Waals surface area contributed by atoms with Crippen molar-refractivity contribution in [1.82, 2.24) is 0 Å². The molecule has 0 aliphatic rings. The quantitative estimate of drug-likeness (QED) is 0.485. The summed E-state index contributed by atoms with van der Waals surface area (Å²) < 4.78 is 74.6. The van der Waals surface area contributed by atoms with Gasteiger partial charge in [-0.3, -0.25) is 4.18 Å². The van der Waals surface area contributed by atoms with Crippen molar-refractivity contribution in [1.29, 1.82) is 0 Å². The van der Waals surface area contributed by atoms with Crippen LogP contribution in [0.25, 0.3) is 0 Å². The maximum absolute atomic E-state index is 13.2. The fraction of sp³-hybridized carbons (Fsp3) is 0.400. The summed E-state index contributed by atoms with van der Waals surface area (Å²) in [5, 5.41) is 0. The fourth-order valence-electron chi connectivity index (χ4n) is 1.28. The van der Waals surface area contributed by atoms with E-state index in [9.17, 15) is 26.0 Å². The Morgan fingerprint density at radius 3 is 2.33 bits per heavy atom. The summed E-state index contributed by atoms with van der Waals surface area (Å²) in [7, 11) is -5.65. The minimum Gasteiger partial charge on any atom is -0.260 e. The molecule has 0 saturated carbocycles. The zero-order chi connectivity index (χ0) is 14.0. The first kappa shape index (κ1) is 14.9. The summed E-state index contributed by atoms with van der Waals surface area (Å²) in [6, 6.07) is 5.37. The first-order valence-electron chi connectivity index (χ1n) is 4.86. The van der Waals surface area contributed by atoms with Gasteiger partial charge < -0.3 is 0 Å². The Labute approximate surface area is 102 Å². The van der Waals surface area contributed by atoms with Gasteiger partial charge in [0.2, 0.25) is 0 Å². The lowest BCUT2D eigenvalue weighted by Gasteiger charge is -2.14. The molecule has 1 aromatic carbocycles. The average molecular weight is 286 g/mol. The van der Waals surface area contributed by atoms with Crippen LogP contribution in [0.5, 0.6) is 0 Å². The van der Waals surface area contributed by atoms with E-state index in [-0.39, 0.29) is 12.0 Å². The lowest BCUT2D eigenvalue weighted by atomic mass is 10.1. The summed E-state index contributed by atoms with van der Waals surface area (Å²) in [5.74, 6) is -0.627. The van der Waals surface area contributed by atoms with Crippen LogP contribution in [-0.4, -0.2) is 20.0 Å². The Kier molecular flexibility index (Phi) is 4.33. The lowest BCUT2D eigenvalue weighted by molar-refractivity contribution is -0.0568. The van der Waals surface area contributed by atoms with E-state index in [1.807, 2.05) is 0 Å². The molecule has 0 amide bonds. The lowest BCUT2D eigenvalue weighted by Crippen LogP contribution is -2.29. The minimum absolute atomic E-state index is 0.0855. The van der Waals surface area contributed by atoms with Crippen molar-refractivity contribution in [3.05, 3.63) is 35.6 Å². The molecule has 0 aliphatic carbocycles. The molecule has 0 heterocycles. The van der Waals surface area contributed by atoms with Gasteiger partial charge in [-0.1, -0.05) is 18.2 Å². The molecule has 0 aliphatic heterocycles. The van der Waals surface area contributed by atoms with Crippen molar-refractivity contribution in [2.75, 3.05) is 0 Å². The second-order valence-electron chi connectivity index (χ2n) is 3.60. The largest absolute Gasteiger partial charge is 0.523 e. The van der Waals surface area contributed by atoms with E-state index in [1.54, 1.807) is 0 Å². The molecule has 0 bridgehead atoms. The summed E-state index contributed by atoms with van der Waals surface area (Å²) in [5.41, 5.74) is -5.39. The third-order valence-electron chi connectivity index (χ3n) is 2.04. The van der Waals surface area contributed by atoms with Gasteiger partial charge in [0.05, 0.1) is 6.10 Å². The van der Waals surface area contributed by atoms with Crippen molar-refractivity contribution in [3.8, 4) is 0 Å². The molecule has 0 saturated heterocycles. The van der Waals surface area contributed by atoms with E-state index in [1.165, 1.54) is 18.2 Å². The normalized spacial score (nSPS) is 14.5. The van der Waals surface area contributed by atoms with Gasteiger partial charge in [0.15, 0.2) is 0 Å². The highest BCUT2D eigenvalue weighted by Gasteiger charge is 2.48. The standard InChI is InChI=1S/C10H10F4O3S/c1-7(17-18(15,16)10(12,13)14)6-8-4-2-3-5-9(8)11/h2-5,7H,6H2,1H3. The number of benzene rings is 1. The molecule has 102 valence electrons. The molecule has 1 rings (SSSR count). The molecule has 0 spiro atoms. The predicted molar refractivity (Wildman–Crippen MR) is 55.6 cm³/mol. The van der Waals surface area contributed by atoms with Crippen LogP contribution in [0.15, 0.2) is 24.3 Å². The molecule has 1 atom stereocenters. The summed E-state index contributed by atoms with van der Waals surface area (Å²) in [4.78, 5) is 0. The van der Waals surface area contributed by atoms with Crippen molar-refractivity contribution < 1.29 is 30.2 Å². The molecule has 0 aromatic heterocycles. The Balaban J connectivity index is 2.75. The van der Waals surface area contributed by atoms with Gasteiger partial charge in [0.25, 0.3) is 0 Å². The van der Waals surface area contributed by atoms with E-state index in [0.717, 1.165) is 13.0 Å². The van der Waals surface area contributed by atoms with Gasteiger partial charge in [-0.25, -0.2) is 4.39 Å². The Bertz CT molecular complexity index is 510. The average Bonchev–Trinajstić information content (AvgIpc) is 2.19. The van der Waals surface area contributed by atoms with E-state index < -0.39 is 27.5 Å². The van der Waals surface area contributed by atoms with Crippen LogP contribution in [0, 0.1) is 5.82 Å². The van der Waals surface area contributed by atoms with Crippen molar-refractivity contribution in [2.45, 2.75) is 25.0 Å². The SMILES string of the molecule is CC(Cc1ccccc1F)OS(=O)(=O)C(F)(F)F. The number of rotatable bonds is 4. The van der Waals surface area contributed by atoms with E-state index >= 15 is 0 Å². The molecule has 0 N–H and O–H groups in total. The molecule has 1 unspecified atom stereocenters. The van der Waals surface area contributed by atoms with Crippen molar-refractivity contribution in [3.63, 3.8) is 0 Å². The maximum Gasteiger partial charge on any atom is 0.523 e. The van der Waals surface area contributed by atoms with Gasteiger partial charge in [0, 0.05) is 6.42 Å².